The molecule has 98 valence electrons. The largest absolute Gasteiger partial charge is 0.365 e. The number of aromatic nitrogens is 3. The molecule has 0 atom stereocenters. The molecule has 6 heteroatoms. The molecule has 0 saturated carbocycles. The van der Waals surface area contributed by atoms with Crippen LogP contribution < -0.4 is 10.6 Å². The van der Waals surface area contributed by atoms with Gasteiger partial charge in [-0.15, -0.1) is 0 Å². The van der Waals surface area contributed by atoms with Gasteiger partial charge in [0.1, 0.15) is 11.6 Å². The fourth-order valence-corrected chi connectivity index (χ4v) is 2.39. The zero-order valence-corrected chi connectivity index (χ0v) is 10.8. The molecule has 1 aliphatic heterocycles. The fourth-order valence-electron chi connectivity index (χ4n) is 2.39. The van der Waals surface area contributed by atoms with Crippen molar-refractivity contribution in [3.05, 3.63) is 23.7 Å². The molecule has 0 spiro atoms. The Bertz CT molecular complexity index is 649. The molecule has 0 unspecified atom stereocenters. The molecule has 0 radical (unpaired) electrons. The van der Waals surface area contributed by atoms with Crippen LogP contribution in [-0.4, -0.2) is 33.9 Å². The lowest BCUT2D eigenvalue weighted by atomic mass is 10.2. The lowest BCUT2D eigenvalue weighted by Gasteiger charge is -2.19. The molecule has 1 fully saturated rings. The van der Waals surface area contributed by atoms with E-state index in [2.05, 4.69) is 19.9 Å². The zero-order valence-electron chi connectivity index (χ0n) is 10.8. The Hall–Kier alpha value is -2.24. The summed E-state index contributed by atoms with van der Waals surface area (Å²) < 4.78 is 0. The molecule has 1 amide bonds. The van der Waals surface area contributed by atoms with Crippen LogP contribution in [0.2, 0.25) is 0 Å². The molecular formula is C13H15N5O. The van der Waals surface area contributed by atoms with Gasteiger partial charge < -0.3 is 10.6 Å². The van der Waals surface area contributed by atoms with Crippen LogP contribution in [0.1, 0.15) is 29.0 Å². The summed E-state index contributed by atoms with van der Waals surface area (Å²) in [4.78, 5) is 26.6. The highest BCUT2D eigenvalue weighted by molar-refractivity contribution is 6.01. The minimum absolute atomic E-state index is 0.446. The highest BCUT2D eigenvalue weighted by Crippen LogP contribution is 2.25. The maximum Gasteiger partial charge on any atom is 0.252 e. The van der Waals surface area contributed by atoms with Gasteiger partial charge >= 0.3 is 0 Å². The van der Waals surface area contributed by atoms with E-state index in [0.29, 0.717) is 22.9 Å². The van der Waals surface area contributed by atoms with Crippen molar-refractivity contribution in [3.8, 4) is 0 Å². The van der Waals surface area contributed by atoms with E-state index < -0.39 is 5.91 Å². The van der Waals surface area contributed by atoms with Gasteiger partial charge in [0, 0.05) is 24.7 Å². The number of carbonyl (C=O) groups is 1. The van der Waals surface area contributed by atoms with Crippen LogP contribution in [-0.2, 0) is 0 Å². The third-order valence-electron chi connectivity index (χ3n) is 3.34. The molecular weight excluding hydrogens is 242 g/mol. The molecule has 1 saturated heterocycles. The molecule has 2 aromatic rings. The number of pyridine rings is 1. The van der Waals surface area contributed by atoms with Crippen LogP contribution in [0.15, 0.2) is 12.3 Å². The minimum atomic E-state index is -0.461. The van der Waals surface area contributed by atoms with Crippen molar-refractivity contribution in [1.29, 1.82) is 0 Å². The summed E-state index contributed by atoms with van der Waals surface area (Å²) in [6, 6.07) is 1.73. The Morgan fingerprint density at radius 1 is 1.32 bits per heavy atom. The highest BCUT2D eigenvalue weighted by atomic mass is 16.1. The van der Waals surface area contributed by atoms with E-state index in [1.807, 2.05) is 6.92 Å². The van der Waals surface area contributed by atoms with E-state index in [-0.39, 0.29) is 0 Å². The number of nitrogens with two attached hydrogens (primary N) is 1. The van der Waals surface area contributed by atoms with Gasteiger partial charge in [0.05, 0.1) is 5.56 Å². The lowest BCUT2D eigenvalue weighted by Crippen LogP contribution is -2.24. The van der Waals surface area contributed by atoms with Gasteiger partial charge in [0.15, 0.2) is 5.65 Å². The van der Waals surface area contributed by atoms with Gasteiger partial charge in [-0.1, -0.05) is 0 Å². The van der Waals surface area contributed by atoms with Crippen LogP contribution in [0.25, 0.3) is 11.0 Å². The maximum absolute atomic E-state index is 11.6. The molecule has 2 aromatic heterocycles. The average Bonchev–Trinajstić information content (AvgIpc) is 2.90. The van der Waals surface area contributed by atoms with Crippen molar-refractivity contribution in [1.82, 2.24) is 15.0 Å². The van der Waals surface area contributed by atoms with Crippen LogP contribution in [0, 0.1) is 6.92 Å². The second-order valence-electron chi connectivity index (χ2n) is 4.75. The Kier molecular flexibility index (Phi) is 2.77. The highest BCUT2D eigenvalue weighted by Gasteiger charge is 2.21. The minimum Gasteiger partial charge on any atom is -0.365 e. The number of aryl methyl sites for hydroxylation is 1. The van der Waals surface area contributed by atoms with Gasteiger partial charge in [-0.3, -0.25) is 4.79 Å². The van der Waals surface area contributed by atoms with Crippen molar-refractivity contribution in [2.45, 2.75) is 19.8 Å². The summed E-state index contributed by atoms with van der Waals surface area (Å²) in [6.07, 6.45) is 3.90. The summed E-state index contributed by atoms with van der Waals surface area (Å²) in [5, 5.41) is 0.738. The third kappa shape index (κ3) is 2.09. The van der Waals surface area contributed by atoms with Crippen LogP contribution in [0.3, 0.4) is 0 Å². The topological polar surface area (TPSA) is 85.0 Å². The number of hydrogen-bond acceptors (Lipinski definition) is 5. The van der Waals surface area contributed by atoms with Gasteiger partial charge in [0.25, 0.3) is 5.91 Å². The predicted molar refractivity (Wildman–Crippen MR) is 72.0 cm³/mol. The van der Waals surface area contributed by atoms with Crippen LogP contribution in [0.5, 0.6) is 0 Å². The first-order valence-corrected chi connectivity index (χ1v) is 6.34. The van der Waals surface area contributed by atoms with Gasteiger partial charge in [0.2, 0.25) is 0 Å². The van der Waals surface area contributed by atoms with E-state index in [1.165, 1.54) is 0 Å². The number of primary amides is 1. The number of anilines is 1. The number of nitrogens with zero attached hydrogens (tertiary/aromatic N) is 4. The molecule has 0 bridgehead atoms. The Balaban J connectivity index is 2.21. The predicted octanol–water partition coefficient (Wildman–Crippen LogP) is 1.03. The summed E-state index contributed by atoms with van der Waals surface area (Å²) in [7, 11) is 0. The third-order valence-corrected chi connectivity index (χ3v) is 3.34. The molecule has 0 aliphatic carbocycles. The second kappa shape index (κ2) is 4.46. The molecule has 6 nitrogen and oxygen atoms in total. The van der Waals surface area contributed by atoms with Gasteiger partial charge in [-0.05, 0) is 25.8 Å². The van der Waals surface area contributed by atoms with Gasteiger partial charge in [-0.2, -0.15) is 0 Å². The van der Waals surface area contributed by atoms with Crippen molar-refractivity contribution in [2.24, 2.45) is 5.73 Å². The number of amides is 1. The lowest BCUT2D eigenvalue weighted by molar-refractivity contribution is 0.100. The van der Waals surface area contributed by atoms with E-state index in [1.54, 1.807) is 12.3 Å². The second-order valence-corrected chi connectivity index (χ2v) is 4.75. The number of hydrogen-bond donors (Lipinski definition) is 1. The van der Waals surface area contributed by atoms with Crippen molar-refractivity contribution < 1.29 is 4.79 Å². The summed E-state index contributed by atoms with van der Waals surface area (Å²) in [6.45, 7) is 3.63. The number of fused-ring (bicyclic) bond motifs is 1. The smallest absolute Gasteiger partial charge is 0.252 e. The van der Waals surface area contributed by atoms with E-state index >= 15 is 0 Å². The van der Waals surface area contributed by atoms with E-state index in [4.69, 9.17) is 5.73 Å². The zero-order chi connectivity index (χ0) is 13.4. The first-order valence-electron chi connectivity index (χ1n) is 6.34. The molecule has 0 aromatic carbocycles. The normalized spacial score (nSPS) is 15.1. The quantitative estimate of drug-likeness (QED) is 0.868. The number of carbonyl (C=O) groups excluding carboxylic acids is 1. The van der Waals surface area contributed by atoms with Crippen LogP contribution >= 0.6 is 0 Å². The standard InChI is InChI=1S/C13H15N5O/c1-8-15-7-9-6-10(11(14)19)13(17-12(9)16-8)18-4-2-3-5-18/h6-7H,2-5H2,1H3,(H2,14,19). The fraction of sp³-hybridized carbons (Fsp3) is 0.385. The Labute approximate surface area is 110 Å². The van der Waals surface area contributed by atoms with E-state index in [0.717, 1.165) is 31.3 Å². The Morgan fingerprint density at radius 3 is 2.74 bits per heavy atom. The van der Waals surface area contributed by atoms with Gasteiger partial charge in [-0.25, -0.2) is 15.0 Å². The van der Waals surface area contributed by atoms with Crippen molar-refractivity contribution in [3.63, 3.8) is 0 Å². The summed E-state index contributed by atoms with van der Waals surface area (Å²) in [5.41, 5.74) is 6.51. The first-order chi connectivity index (χ1) is 9.15. The summed E-state index contributed by atoms with van der Waals surface area (Å²) in [5.74, 6) is 0.853. The SMILES string of the molecule is Cc1ncc2cc(C(N)=O)c(N3CCCC3)nc2n1. The first kappa shape index (κ1) is 11.8. The van der Waals surface area contributed by atoms with Crippen LogP contribution in [0.4, 0.5) is 5.82 Å². The molecule has 3 rings (SSSR count). The average molecular weight is 257 g/mol. The monoisotopic (exact) mass is 257 g/mol. The molecule has 19 heavy (non-hydrogen) atoms. The van der Waals surface area contributed by atoms with Crippen molar-refractivity contribution in [2.75, 3.05) is 18.0 Å². The number of rotatable bonds is 2. The maximum atomic E-state index is 11.6. The molecule has 3 heterocycles. The van der Waals surface area contributed by atoms with E-state index in [9.17, 15) is 4.79 Å². The summed E-state index contributed by atoms with van der Waals surface area (Å²) >= 11 is 0. The van der Waals surface area contributed by atoms with Crippen molar-refractivity contribution >= 4 is 22.8 Å². The molecule has 2 N–H and O–H groups in total. The Morgan fingerprint density at radius 2 is 2.05 bits per heavy atom. The molecule has 1 aliphatic rings.